The zero-order chi connectivity index (χ0) is 9.84. The van der Waals surface area contributed by atoms with Gasteiger partial charge in [-0.1, -0.05) is 0 Å². The van der Waals surface area contributed by atoms with Crippen LogP contribution in [-0.4, -0.2) is 20.6 Å². The highest BCUT2D eigenvalue weighted by atomic mass is 16.4. The monoisotopic (exact) mass is 177 g/mol. The largest absolute Gasteiger partial charge is 0.477 e. The van der Waals surface area contributed by atoms with E-state index in [0.717, 1.165) is 0 Å². The number of nitrogens with zero attached hydrogens (tertiary/aromatic N) is 3. The highest BCUT2D eigenvalue weighted by Gasteiger charge is 2.06. The smallest absolute Gasteiger partial charge is 0.346 e. The van der Waals surface area contributed by atoms with Crippen molar-refractivity contribution in [2.75, 3.05) is 0 Å². The number of carbonyl (C=O) groups is 1. The van der Waals surface area contributed by atoms with Crippen LogP contribution >= 0.6 is 0 Å². The van der Waals surface area contributed by atoms with Crippen LogP contribution in [0.1, 0.15) is 5.69 Å². The molecule has 1 heterocycles. The van der Waals surface area contributed by atoms with E-state index in [-0.39, 0.29) is 5.57 Å². The molecule has 0 radical (unpaired) electrons. The highest BCUT2D eigenvalue weighted by molar-refractivity contribution is 5.96. The standard InChI is InChI=1S/C8H7N3O2/c1-11-5-10-4-7(11)2-6(3-9)8(12)13/h2,4-5H,1H3,(H,12,13)/b6-2-. The molecule has 5 nitrogen and oxygen atoms in total. The summed E-state index contributed by atoms with van der Waals surface area (Å²) in [5.41, 5.74) is 0.280. The number of aliphatic carboxylic acids is 1. The third-order valence-electron chi connectivity index (χ3n) is 1.50. The van der Waals surface area contributed by atoms with Gasteiger partial charge < -0.3 is 9.67 Å². The molecular weight excluding hydrogens is 170 g/mol. The first-order chi connectivity index (χ1) is 6.15. The minimum atomic E-state index is -1.23. The van der Waals surface area contributed by atoms with Gasteiger partial charge in [-0.15, -0.1) is 0 Å². The predicted octanol–water partition coefficient (Wildman–Crippen LogP) is 0.412. The topological polar surface area (TPSA) is 78.9 Å². The lowest BCUT2D eigenvalue weighted by Crippen LogP contribution is -1.98. The van der Waals surface area contributed by atoms with E-state index < -0.39 is 5.97 Å². The van der Waals surface area contributed by atoms with E-state index in [1.807, 2.05) is 0 Å². The lowest BCUT2D eigenvalue weighted by atomic mass is 10.2. The number of aromatic nitrogens is 2. The molecule has 0 bridgehead atoms. The Morgan fingerprint density at radius 3 is 2.92 bits per heavy atom. The maximum absolute atomic E-state index is 10.4. The maximum atomic E-state index is 10.4. The van der Waals surface area contributed by atoms with Crippen LogP contribution in [0.25, 0.3) is 6.08 Å². The fraction of sp³-hybridized carbons (Fsp3) is 0.125. The molecule has 1 aromatic heterocycles. The van der Waals surface area contributed by atoms with Crippen molar-refractivity contribution in [2.24, 2.45) is 7.05 Å². The van der Waals surface area contributed by atoms with Crippen LogP contribution in [0.2, 0.25) is 0 Å². The molecule has 0 atom stereocenters. The van der Waals surface area contributed by atoms with Gasteiger partial charge in [0.15, 0.2) is 0 Å². The van der Waals surface area contributed by atoms with Crippen LogP contribution in [0.15, 0.2) is 18.1 Å². The number of imidazole rings is 1. The second-order valence-corrected chi connectivity index (χ2v) is 2.40. The number of carboxylic acids is 1. The van der Waals surface area contributed by atoms with E-state index in [4.69, 9.17) is 10.4 Å². The van der Waals surface area contributed by atoms with Gasteiger partial charge in [0.2, 0.25) is 0 Å². The molecule has 66 valence electrons. The van der Waals surface area contributed by atoms with Crippen LogP contribution in [0.5, 0.6) is 0 Å². The first kappa shape index (κ1) is 9.00. The fourth-order valence-electron chi connectivity index (χ4n) is 0.796. The van der Waals surface area contributed by atoms with E-state index in [1.54, 1.807) is 17.7 Å². The Hall–Kier alpha value is -2.09. The Labute approximate surface area is 74.6 Å². The molecule has 0 aromatic carbocycles. The molecule has 0 fully saturated rings. The maximum Gasteiger partial charge on any atom is 0.346 e. The van der Waals surface area contributed by atoms with Crippen LogP contribution in [0, 0.1) is 11.3 Å². The molecule has 1 N–H and O–H groups in total. The SMILES string of the molecule is Cn1cncc1/C=C(/C#N)C(=O)O. The molecule has 1 aromatic rings. The number of aryl methyl sites for hydroxylation is 1. The molecular formula is C8H7N3O2. The second-order valence-electron chi connectivity index (χ2n) is 2.40. The van der Waals surface area contributed by atoms with Crippen molar-refractivity contribution in [1.29, 1.82) is 5.26 Å². The zero-order valence-corrected chi connectivity index (χ0v) is 6.93. The van der Waals surface area contributed by atoms with Crippen molar-refractivity contribution in [3.63, 3.8) is 0 Å². The van der Waals surface area contributed by atoms with Crippen molar-refractivity contribution >= 4 is 12.0 Å². The van der Waals surface area contributed by atoms with Crippen molar-refractivity contribution in [2.45, 2.75) is 0 Å². The van der Waals surface area contributed by atoms with E-state index in [1.165, 1.54) is 18.6 Å². The summed E-state index contributed by atoms with van der Waals surface area (Å²) in [6.07, 6.45) is 4.29. The molecule has 0 spiro atoms. The Bertz CT molecular complexity index is 398. The Morgan fingerprint density at radius 2 is 2.54 bits per heavy atom. The average Bonchev–Trinajstić information content (AvgIpc) is 2.46. The van der Waals surface area contributed by atoms with Crippen LogP contribution in [-0.2, 0) is 11.8 Å². The molecule has 0 aliphatic rings. The summed E-state index contributed by atoms with van der Waals surface area (Å²) in [7, 11) is 1.72. The van der Waals surface area contributed by atoms with Crippen LogP contribution in [0.3, 0.4) is 0 Å². The summed E-state index contributed by atoms with van der Waals surface area (Å²) in [4.78, 5) is 14.2. The van der Waals surface area contributed by atoms with Crippen molar-refractivity contribution in [1.82, 2.24) is 9.55 Å². The molecule has 5 heteroatoms. The minimum Gasteiger partial charge on any atom is -0.477 e. The molecule has 0 unspecified atom stereocenters. The van der Waals surface area contributed by atoms with Gasteiger partial charge >= 0.3 is 5.97 Å². The average molecular weight is 177 g/mol. The first-order valence-electron chi connectivity index (χ1n) is 3.46. The predicted molar refractivity (Wildman–Crippen MR) is 44.4 cm³/mol. The van der Waals surface area contributed by atoms with Crippen LogP contribution < -0.4 is 0 Å². The summed E-state index contributed by atoms with van der Waals surface area (Å²) in [5, 5.41) is 17.0. The number of rotatable bonds is 2. The van der Waals surface area contributed by atoms with E-state index >= 15 is 0 Å². The third kappa shape index (κ3) is 1.93. The fourth-order valence-corrected chi connectivity index (χ4v) is 0.796. The van der Waals surface area contributed by atoms with Gasteiger partial charge in [-0.3, -0.25) is 0 Å². The minimum absolute atomic E-state index is 0.302. The van der Waals surface area contributed by atoms with Crippen LogP contribution in [0.4, 0.5) is 0 Å². The summed E-state index contributed by atoms with van der Waals surface area (Å²) < 4.78 is 1.63. The van der Waals surface area contributed by atoms with Crippen molar-refractivity contribution in [3.05, 3.63) is 23.8 Å². The summed E-state index contributed by atoms with van der Waals surface area (Å²) in [6, 6.07) is 1.59. The Morgan fingerprint density at radius 1 is 1.85 bits per heavy atom. The number of hydrogen-bond donors (Lipinski definition) is 1. The molecule has 13 heavy (non-hydrogen) atoms. The molecule has 0 saturated carbocycles. The quantitative estimate of drug-likeness (QED) is 0.524. The molecule has 0 aliphatic heterocycles. The zero-order valence-electron chi connectivity index (χ0n) is 6.93. The molecule has 0 saturated heterocycles. The lowest BCUT2D eigenvalue weighted by molar-refractivity contribution is -0.132. The van der Waals surface area contributed by atoms with Gasteiger partial charge in [0.05, 0.1) is 18.2 Å². The van der Waals surface area contributed by atoms with Gasteiger partial charge in [0, 0.05) is 7.05 Å². The molecule has 0 aliphatic carbocycles. The second kappa shape index (κ2) is 3.54. The van der Waals surface area contributed by atoms with Gasteiger partial charge in [-0.05, 0) is 6.08 Å². The third-order valence-corrected chi connectivity index (χ3v) is 1.50. The summed E-state index contributed by atoms with van der Waals surface area (Å²) >= 11 is 0. The van der Waals surface area contributed by atoms with Gasteiger partial charge in [0.25, 0.3) is 0 Å². The summed E-state index contributed by atoms with van der Waals surface area (Å²) in [5.74, 6) is -1.23. The molecule has 1 rings (SSSR count). The Kier molecular flexibility index (Phi) is 2.45. The van der Waals surface area contributed by atoms with Gasteiger partial charge in [0.1, 0.15) is 11.6 Å². The Balaban J connectivity index is 3.07. The van der Waals surface area contributed by atoms with Crippen molar-refractivity contribution < 1.29 is 9.90 Å². The number of nitriles is 1. The van der Waals surface area contributed by atoms with Gasteiger partial charge in [-0.25, -0.2) is 9.78 Å². The normalized spacial score (nSPS) is 10.9. The first-order valence-corrected chi connectivity index (χ1v) is 3.46. The lowest BCUT2D eigenvalue weighted by Gasteiger charge is -1.94. The van der Waals surface area contributed by atoms with Gasteiger partial charge in [-0.2, -0.15) is 5.26 Å². The number of hydrogen-bond acceptors (Lipinski definition) is 3. The summed E-state index contributed by atoms with van der Waals surface area (Å²) in [6.45, 7) is 0. The van der Waals surface area contributed by atoms with Crippen molar-refractivity contribution in [3.8, 4) is 6.07 Å². The molecule has 0 amide bonds. The van der Waals surface area contributed by atoms with E-state index in [9.17, 15) is 4.79 Å². The highest BCUT2D eigenvalue weighted by Crippen LogP contribution is 2.04. The van der Waals surface area contributed by atoms with E-state index in [2.05, 4.69) is 4.98 Å². The number of carboxylic acid groups (broad SMARTS) is 1. The van der Waals surface area contributed by atoms with E-state index in [0.29, 0.717) is 5.69 Å².